The number of ether oxygens (including phenoxy) is 2. The number of rotatable bonds is 8. The van der Waals surface area contributed by atoms with Crippen molar-refractivity contribution >= 4 is 5.97 Å². The quantitative estimate of drug-likeness (QED) is 0.484. The van der Waals surface area contributed by atoms with Crippen LogP contribution in [0.5, 0.6) is 11.6 Å². The van der Waals surface area contributed by atoms with E-state index < -0.39 is 12.1 Å². The van der Waals surface area contributed by atoms with Crippen LogP contribution in [-0.4, -0.2) is 33.9 Å². The number of aromatic nitrogens is 1. The van der Waals surface area contributed by atoms with Crippen molar-refractivity contribution in [2.45, 2.75) is 45.8 Å². The van der Waals surface area contributed by atoms with E-state index in [1.165, 1.54) is 6.07 Å². The second kappa shape index (κ2) is 8.96. The third-order valence-electron chi connectivity index (χ3n) is 6.98. The highest BCUT2D eigenvalue weighted by molar-refractivity contribution is 5.77. The van der Waals surface area contributed by atoms with Crippen LogP contribution in [0.2, 0.25) is 0 Å². The van der Waals surface area contributed by atoms with Crippen LogP contribution in [-0.2, 0) is 17.8 Å². The molecule has 0 bridgehead atoms. The minimum absolute atomic E-state index is 0.0315. The molecule has 6 nitrogen and oxygen atoms in total. The standard InChI is InChI=1S/C28H28FNO5/c1-14-6-20(34-12-16(3)31)7-15(2)25(14)17-4-5-23(29)19(8-17)13-35-24-10-18-9-21-26(22(18)11-30-24)27(21)28(32)33/h4-8,10-11,16,21,26-27,31H,9,12-13H2,1-3H3,(H,32,33). The van der Waals surface area contributed by atoms with Crippen molar-refractivity contribution in [1.29, 1.82) is 0 Å². The topological polar surface area (TPSA) is 88.9 Å². The third kappa shape index (κ3) is 4.48. The smallest absolute Gasteiger partial charge is 0.307 e. The largest absolute Gasteiger partial charge is 0.491 e. The molecule has 0 radical (unpaired) electrons. The first kappa shape index (κ1) is 23.3. The van der Waals surface area contributed by atoms with Crippen molar-refractivity contribution in [2.75, 3.05) is 6.61 Å². The number of hydrogen-bond acceptors (Lipinski definition) is 5. The fourth-order valence-electron chi connectivity index (χ4n) is 5.36. The first-order valence-electron chi connectivity index (χ1n) is 11.8. The number of carbonyl (C=O) groups is 1. The van der Waals surface area contributed by atoms with Crippen LogP contribution in [0.1, 0.15) is 40.7 Å². The number of carboxylic acids is 1. The summed E-state index contributed by atoms with van der Waals surface area (Å²) in [5.41, 5.74) is 6.34. The van der Waals surface area contributed by atoms with E-state index in [2.05, 4.69) is 4.98 Å². The van der Waals surface area contributed by atoms with Gasteiger partial charge in [0.2, 0.25) is 5.88 Å². The van der Waals surface area contributed by atoms with E-state index >= 15 is 0 Å². The van der Waals surface area contributed by atoms with Crippen molar-refractivity contribution in [3.05, 3.63) is 76.2 Å². The SMILES string of the molecule is Cc1cc(OCC(C)O)cc(C)c1-c1ccc(F)c(COc2cc3c(cn2)C2C(C3)C2C(=O)O)c1. The number of aryl methyl sites for hydroxylation is 2. The van der Waals surface area contributed by atoms with Gasteiger partial charge < -0.3 is 19.7 Å². The van der Waals surface area contributed by atoms with Gasteiger partial charge >= 0.3 is 5.97 Å². The van der Waals surface area contributed by atoms with Gasteiger partial charge in [-0.1, -0.05) is 6.07 Å². The second-order valence-corrected chi connectivity index (χ2v) is 9.67. The van der Waals surface area contributed by atoms with Crippen molar-refractivity contribution in [2.24, 2.45) is 11.8 Å². The Morgan fingerprint density at radius 3 is 2.60 bits per heavy atom. The highest BCUT2D eigenvalue weighted by Crippen LogP contribution is 2.61. The lowest BCUT2D eigenvalue weighted by atomic mass is 9.94. The maximum atomic E-state index is 14.6. The van der Waals surface area contributed by atoms with E-state index in [1.807, 2.05) is 32.0 Å². The van der Waals surface area contributed by atoms with Crippen molar-refractivity contribution < 1.29 is 28.9 Å². The summed E-state index contributed by atoms with van der Waals surface area (Å²) in [5.74, 6) is -0.0726. The zero-order chi connectivity index (χ0) is 24.9. The Balaban J connectivity index is 1.32. The Labute approximate surface area is 203 Å². The number of aliphatic hydroxyl groups excluding tert-OH is 1. The highest BCUT2D eigenvalue weighted by atomic mass is 19.1. The van der Waals surface area contributed by atoms with Gasteiger partial charge in [0.1, 0.15) is 24.8 Å². The van der Waals surface area contributed by atoms with Gasteiger partial charge in [-0.05, 0) is 90.8 Å². The first-order valence-corrected chi connectivity index (χ1v) is 11.8. The van der Waals surface area contributed by atoms with Crippen molar-refractivity contribution in [1.82, 2.24) is 4.98 Å². The molecule has 0 spiro atoms. The van der Waals surface area contributed by atoms with E-state index in [0.717, 1.165) is 39.8 Å². The molecule has 2 aliphatic carbocycles. The minimum Gasteiger partial charge on any atom is -0.491 e. The van der Waals surface area contributed by atoms with Gasteiger partial charge in [-0.15, -0.1) is 0 Å². The van der Waals surface area contributed by atoms with Gasteiger partial charge in [-0.3, -0.25) is 4.79 Å². The number of aliphatic hydroxyl groups is 1. The molecule has 35 heavy (non-hydrogen) atoms. The summed E-state index contributed by atoms with van der Waals surface area (Å²) in [6, 6.07) is 10.7. The Morgan fingerprint density at radius 1 is 1.17 bits per heavy atom. The fraction of sp³-hybridized carbons (Fsp3) is 0.357. The van der Waals surface area contributed by atoms with E-state index in [1.54, 1.807) is 25.3 Å². The molecule has 1 aromatic heterocycles. The Morgan fingerprint density at radius 2 is 1.91 bits per heavy atom. The summed E-state index contributed by atoms with van der Waals surface area (Å²) in [7, 11) is 0. The third-order valence-corrected chi connectivity index (χ3v) is 6.98. The number of nitrogens with zero attached hydrogens (tertiary/aromatic N) is 1. The van der Waals surface area contributed by atoms with Crippen LogP contribution < -0.4 is 9.47 Å². The Kier molecular flexibility index (Phi) is 5.97. The van der Waals surface area contributed by atoms with Crippen molar-refractivity contribution in [3.63, 3.8) is 0 Å². The maximum absolute atomic E-state index is 14.6. The summed E-state index contributed by atoms with van der Waals surface area (Å²) in [4.78, 5) is 15.6. The van der Waals surface area contributed by atoms with Gasteiger partial charge in [-0.2, -0.15) is 0 Å². The number of benzene rings is 2. The zero-order valence-corrected chi connectivity index (χ0v) is 19.9. The molecule has 182 valence electrons. The van der Waals surface area contributed by atoms with Crippen LogP contribution in [0.4, 0.5) is 4.39 Å². The number of aliphatic carboxylic acids is 1. The van der Waals surface area contributed by atoms with Crippen LogP contribution in [0.15, 0.2) is 42.6 Å². The summed E-state index contributed by atoms with van der Waals surface area (Å²) < 4.78 is 26.1. The van der Waals surface area contributed by atoms with Crippen LogP contribution in [0.25, 0.3) is 11.1 Å². The van der Waals surface area contributed by atoms with E-state index in [9.17, 15) is 19.4 Å². The van der Waals surface area contributed by atoms with E-state index in [4.69, 9.17) is 9.47 Å². The van der Waals surface area contributed by atoms with E-state index in [0.29, 0.717) is 17.2 Å². The van der Waals surface area contributed by atoms with E-state index in [-0.39, 0.29) is 36.8 Å². The average Bonchev–Trinajstić information content (AvgIpc) is 3.40. The van der Waals surface area contributed by atoms with Crippen LogP contribution in [0, 0.1) is 31.5 Å². The molecule has 3 aromatic rings. The Hall–Kier alpha value is -3.45. The Bertz CT molecular complexity index is 1280. The number of carboxylic acid groups (broad SMARTS) is 1. The lowest BCUT2D eigenvalue weighted by molar-refractivity contribution is -0.139. The van der Waals surface area contributed by atoms with Gasteiger partial charge in [0.25, 0.3) is 0 Å². The lowest BCUT2D eigenvalue weighted by Gasteiger charge is -2.16. The number of fused-ring (bicyclic) bond motifs is 3. The first-order chi connectivity index (χ1) is 16.7. The zero-order valence-electron chi connectivity index (χ0n) is 19.9. The lowest BCUT2D eigenvalue weighted by Crippen LogP contribution is -2.13. The van der Waals surface area contributed by atoms with Gasteiger partial charge in [0, 0.05) is 23.7 Å². The molecule has 1 saturated carbocycles. The normalized spacial score (nSPS) is 20.7. The minimum atomic E-state index is -0.742. The second-order valence-electron chi connectivity index (χ2n) is 9.67. The summed E-state index contributed by atoms with van der Waals surface area (Å²) >= 11 is 0. The molecule has 1 heterocycles. The van der Waals surface area contributed by atoms with Crippen LogP contribution in [0.3, 0.4) is 0 Å². The fourth-order valence-corrected chi connectivity index (χ4v) is 5.36. The molecule has 1 fully saturated rings. The molecule has 2 aliphatic rings. The molecule has 0 saturated heterocycles. The van der Waals surface area contributed by atoms with Crippen molar-refractivity contribution in [3.8, 4) is 22.8 Å². The monoisotopic (exact) mass is 477 g/mol. The summed E-state index contributed by atoms with van der Waals surface area (Å²) in [6.07, 6.45) is 1.87. The molecular weight excluding hydrogens is 449 g/mol. The summed E-state index contributed by atoms with van der Waals surface area (Å²) in [5, 5.41) is 18.7. The van der Waals surface area contributed by atoms with Crippen LogP contribution >= 0.6 is 0 Å². The molecule has 0 aliphatic heterocycles. The number of halogens is 1. The predicted molar refractivity (Wildman–Crippen MR) is 128 cm³/mol. The highest BCUT2D eigenvalue weighted by Gasteiger charge is 2.59. The molecule has 4 unspecified atom stereocenters. The van der Waals surface area contributed by atoms with Gasteiger partial charge in [-0.25, -0.2) is 9.37 Å². The number of hydrogen-bond donors (Lipinski definition) is 2. The predicted octanol–water partition coefficient (Wildman–Crippen LogP) is 4.81. The molecule has 0 amide bonds. The molecule has 7 heteroatoms. The molecular formula is C28H28FNO5. The molecule has 5 rings (SSSR count). The van der Waals surface area contributed by atoms with Gasteiger partial charge in [0.05, 0.1) is 12.0 Å². The maximum Gasteiger partial charge on any atom is 0.307 e. The molecule has 2 aromatic carbocycles. The molecule has 2 N–H and O–H groups in total. The summed E-state index contributed by atoms with van der Waals surface area (Å²) in [6.45, 7) is 5.87. The number of pyridine rings is 1. The average molecular weight is 478 g/mol. The molecule has 4 atom stereocenters. The van der Waals surface area contributed by atoms with Gasteiger partial charge in [0.15, 0.2) is 0 Å².